The SMILES string of the molecule is O=C(NCc1ccc(Cl)s1)N1CCOC(Cn2cccn2)C1. The van der Waals surface area contributed by atoms with Gasteiger partial charge in [-0.1, -0.05) is 11.6 Å². The van der Waals surface area contributed by atoms with Crippen LogP contribution in [0.15, 0.2) is 30.6 Å². The first-order chi connectivity index (χ1) is 10.7. The van der Waals surface area contributed by atoms with Crippen LogP contribution in [0.3, 0.4) is 0 Å². The van der Waals surface area contributed by atoms with E-state index in [0.29, 0.717) is 32.8 Å². The van der Waals surface area contributed by atoms with Crippen molar-refractivity contribution < 1.29 is 9.53 Å². The average molecular weight is 341 g/mol. The number of amides is 2. The van der Waals surface area contributed by atoms with E-state index in [1.54, 1.807) is 11.1 Å². The lowest BCUT2D eigenvalue weighted by molar-refractivity contribution is -0.0237. The van der Waals surface area contributed by atoms with Gasteiger partial charge in [0, 0.05) is 23.8 Å². The molecule has 0 spiro atoms. The fourth-order valence-corrected chi connectivity index (χ4v) is 3.38. The van der Waals surface area contributed by atoms with Crippen LogP contribution in [0.1, 0.15) is 4.88 Å². The maximum Gasteiger partial charge on any atom is 0.317 e. The average Bonchev–Trinajstić information content (AvgIpc) is 3.17. The maximum absolute atomic E-state index is 12.2. The number of aromatic nitrogens is 2. The normalized spacial score (nSPS) is 18.4. The molecule has 0 aliphatic carbocycles. The van der Waals surface area contributed by atoms with E-state index in [2.05, 4.69) is 10.4 Å². The van der Waals surface area contributed by atoms with Gasteiger partial charge in [0.1, 0.15) is 0 Å². The summed E-state index contributed by atoms with van der Waals surface area (Å²) in [5.41, 5.74) is 0. The van der Waals surface area contributed by atoms with Crippen molar-refractivity contribution in [3.63, 3.8) is 0 Å². The van der Waals surface area contributed by atoms with Crippen molar-refractivity contribution in [3.05, 3.63) is 39.8 Å². The van der Waals surface area contributed by atoms with E-state index in [0.717, 1.165) is 9.21 Å². The second kappa shape index (κ2) is 7.13. The monoisotopic (exact) mass is 340 g/mol. The maximum atomic E-state index is 12.2. The summed E-state index contributed by atoms with van der Waals surface area (Å²) in [6.45, 7) is 2.86. The Morgan fingerprint density at radius 3 is 3.18 bits per heavy atom. The van der Waals surface area contributed by atoms with Crippen LogP contribution >= 0.6 is 22.9 Å². The standard InChI is InChI=1S/C14H17ClN4O2S/c15-13-3-2-12(22-13)8-16-14(20)18-6-7-21-11(9-18)10-19-5-1-4-17-19/h1-5,11H,6-10H2,(H,16,20). The van der Waals surface area contributed by atoms with Crippen molar-refractivity contribution in [3.8, 4) is 0 Å². The van der Waals surface area contributed by atoms with Gasteiger partial charge in [-0.25, -0.2) is 4.79 Å². The summed E-state index contributed by atoms with van der Waals surface area (Å²) in [6, 6.07) is 5.56. The molecule has 1 aliphatic heterocycles. The van der Waals surface area contributed by atoms with Crippen LogP contribution in [0.25, 0.3) is 0 Å². The minimum Gasteiger partial charge on any atom is -0.373 e. The Morgan fingerprint density at radius 2 is 2.45 bits per heavy atom. The highest BCUT2D eigenvalue weighted by Crippen LogP contribution is 2.21. The van der Waals surface area contributed by atoms with Crippen molar-refractivity contribution in [2.45, 2.75) is 19.2 Å². The summed E-state index contributed by atoms with van der Waals surface area (Å²) in [6.07, 6.45) is 3.60. The summed E-state index contributed by atoms with van der Waals surface area (Å²) in [7, 11) is 0. The number of hydrogen-bond acceptors (Lipinski definition) is 4. The fourth-order valence-electron chi connectivity index (χ4n) is 2.35. The molecule has 0 bridgehead atoms. The molecule has 1 aliphatic rings. The Morgan fingerprint density at radius 1 is 1.55 bits per heavy atom. The number of rotatable bonds is 4. The Kier molecular flexibility index (Phi) is 4.97. The van der Waals surface area contributed by atoms with Crippen LogP contribution in [0.4, 0.5) is 4.79 Å². The van der Waals surface area contributed by atoms with Crippen molar-refractivity contribution in [1.82, 2.24) is 20.0 Å². The number of carbonyl (C=O) groups is 1. The van der Waals surface area contributed by atoms with E-state index in [4.69, 9.17) is 16.3 Å². The zero-order valence-corrected chi connectivity index (χ0v) is 13.5. The Balaban J connectivity index is 1.49. The van der Waals surface area contributed by atoms with Gasteiger partial charge in [-0.05, 0) is 18.2 Å². The molecule has 6 nitrogen and oxygen atoms in total. The number of thiophene rings is 1. The highest BCUT2D eigenvalue weighted by molar-refractivity contribution is 7.16. The molecule has 8 heteroatoms. The number of urea groups is 1. The first kappa shape index (κ1) is 15.3. The molecule has 0 aromatic carbocycles. The van der Waals surface area contributed by atoms with Crippen molar-refractivity contribution in [2.24, 2.45) is 0 Å². The summed E-state index contributed by atoms with van der Waals surface area (Å²) in [5, 5.41) is 7.09. The van der Waals surface area contributed by atoms with Crippen LogP contribution in [0, 0.1) is 0 Å². The molecule has 1 N–H and O–H groups in total. The number of ether oxygens (including phenoxy) is 1. The summed E-state index contributed by atoms with van der Waals surface area (Å²) >= 11 is 7.36. The third kappa shape index (κ3) is 4.00. The van der Waals surface area contributed by atoms with E-state index in [-0.39, 0.29) is 12.1 Å². The van der Waals surface area contributed by atoms with E-state index < -0.39 is 0 Å². The number of morpholine rings is 1. The summed E-state index contributed by atoms with van der Waals surface area (Å²) in [4.78, 5) is 15.1. The van der Waals surface area contributed by atoms with Crippen molar-refractivity contribution >= 4 is 29.0 Å². The molecule has 1 atom stereocenters. The second-order valence-electron chi connectivity index (χ2n) is 5.03. The fraction of sp³-hybridized carbons (Fsp3) is 0.429. The van der Waals surface area contributed by atoms with Crippen LogP contribution in [-0.2, 0) is 17.8 Å². The van der Waals surface area contributed by atoms with Gasteiger partial charge < -0.3 is 15.0 Å². The Labute approximate surface area is 137 Å². The van der Waals surface area contributed by atoms with E-state index >= 15 is 0 Å². The minimum atomic E-state index is -0.0710. The molecule has 0 radical (unpaired) electrons. The predicted octanol–water partition coefficient (Wildman–Crippen LogP) is 2.21. The molecule has 0 saturated carbocycles. The first-order valence-corrected chi connectivity index (χ1v) is 8.26. The predicted molar refractivity (Wildman–Crippen MR) is 85.1 cm³/mol. The van der Waals surface area contributed by atoms with Gasteiger partial charge in [-0.3, -0.25) is 4.68 Å². The third-order valence-electron chi connectivity index (χ3n) is 3.42. The van der Waals surface area contributed by atoms with Gasteiger partial charge in [0.05, 0.1) is 36.7 Å². The highest BCUT2D eigenvalue weighted by atomic mass is 35.5. The van der Waals surface area contributed by atoms with E-state index in [1.807, 2.05) is 29.1 Å². The lowest BCUT2D eigenvalue weighted by Crippen LogP contribution is -2.50. The largest absolute Gasteiger partial charge is 0.373 e. The molecule has 3 heterocycles. The molecule has 2 aromatic heterocycles. The smallest absolute Gasteiger partial charge is 0.317 e. The Hall–Kier alpha value is -1.57. The molecule has 1 fully saturated rings. The number of hydrogen-bond donors (Lipinski definition) is 1. The zero-order valence-electron chi connectivity index (χ0n) is 11.9. The van der Waals surface area contributed by atoms with Crippen LogP contribution in [0.5, 0.6) is 0 Å². The van der Waals surface area contributed by atoms with Gasteiger partial charge in [-0.15, -0.1) is 11.3 Å². The van der Waals surface area contributed by atoms with Gasteiger partial charge in [0.2, 0.25) is 0 Å². The van der Waals surface area contributed by atoms with Gasteiger partial charge in [0.25, 0.3) is 0 Å². The van der Waals surface area contributed by atoms with Crippen molar-refractivity contribution in [1.29, 1.82) is 0 Å². The second-order valence-corrected chi connectivity index (χ2v) is 6.83. The third-order valence-corrected chi connectivity index (χ3v) is 4.65. The van der Waals surface area contributed by atoms with Crippen LogP contribution in [0.2, 0.25) is 4.34 Å². The summed E-state index contributed by atoms with van der Waals surface area (Å²) in [5.74, 6) is 0. The van der Waals surface area contributed by atoms with E-state index in [1.165, 1.54) is 11.3 Å². The van der Waals surface area contributed by atoms with Gasteiger partial charge in [-0.2, -0.15) is 5.10 Å². The number of nitrogens with one attached hydrogen (secondary N) is 1. The molecular weight excluding hydrogens is 324 g/mol. The van der Waals surface area contributed by atoms with E-state index in [9.17, 15) is 4.79 Å². The molecule has 2 aromatic rings. The molecule has 2 amide bonds. The van der Waals surface area contributed by atoms with Gasteiger partial charge >= 0.3 is 6.03 Å². The molecular formula is C14H17ClN4O2S. The topological polar surface area (TPSA) is 59.4 Å². The molecule has 118 valence electrons. The number of halogens is 1. The lowest BCUT2D eigenvalue weighted by atomic mass is 10.3. The van der Waals surface area contributed by atoms with Crippen LogP contribution in [-0.4, -0.2) is 46.5 Å². The molecule has 3 rings (SSSR count). The molecule has 1 unspecified atom stereocenters. The van der Waals surface area contributed by atoms with Crippen LogP contribution < -0.4 is 5.32 Å². The lowest BCUT2D eigenvalue weighted by Gasteiger charge is -2.32. The zero-order chi connectivity index (χ0) is 15.4. The molecule has 1 saturated heterocycles. The summed E-state index contributed by atoms with van der Waals surface area (Å²) < 4.78 is 8.25. The van der Waals surface area contributed by atoms with Crippen molar-refractivity contribution in [2.75, 3.05) is 19.7 Å². The first-order valence-electron chi connectivity index (χ1n) is 7.07. The minimum absolute atomic E-state index is 0.0319. The number of nitrogens with zero attached hydrogens (tertiary/aromatic N) is 3. The van der Waals surface area contributed by atoms with Gasteiger partial charge in [0.15, 0.2) is 0 Å². The Bertz CT molecular complexity index is 616. The highest BCUT2D eigenvalue weighted by Gasteiger charge is 2.24. The quantitative estimate of drug-likeness (QED) is 0.928. The molecule has 22 heavy (non-hydrogen) atoms. The number of carbonyl (C=O) groups excluding carboxylic acids is 1.